The van der Waals surface area contributed by atoms with E-state index in [0.29, 0.717) is 6.54 Å². The minimum absolute atomic E-state index is 0. The van der Waals surface area contributed by atoms with E-state index in [2.05, 4.69) is 32.6 Å². The second-order valence-electron chi connectivity index (χ2n) is 4.74. The number of guanidine groups is 1. The molecule has 0 bridgehead atoms. The fourth-order valence-corrected chi connectivity index (χ4v) is 2.84. The predicted octanol–water partition coefficient (Wildman–Crippen LogP) is 2.37. The van der Waals surface area contributed by atoms with Gasteiger partial charge in [0, 0.05) is 24.7 Å². The maximum Gasteiger partial charge on any atom is 0.191 e. The molecule has 0 aliphatic carbocycles. The molecule has 2 aromatic rings. The van der Waals surface area contributed by atoms with Gasteiger partial charge in [0.25, 0.3) is 0 Å². The van der Waals surface area contributed by atoms with Crippen LogP contribution in [-0.2, 0) is 20.1 Å². The van der Waals surface area contributed by atoms with Crippen molar-refractivity contribution in [3.8, 4) is 0 Å². The molecule has 2 N–H and O–H groups in total. The number of thiazole rings is 1. The molecular formula is C14H23IN6S. The Labute approximate surface area is 152 Å². The Kier molecular flexibility index (Phi) is 7.80. The number of halogens is 1. The Bertz CT molecular complexity index is 619. The van der Waals surface area contributed by atoms with Crippen molar-refractivity contribution in [2.45, 2.75) is 33.9 Å². The molecule has 0 amide bonds. The lowest BCUT2D eigenvalue weighted by Gasteiger charge is -2.10. The molecule has 0 aromatic carbocycles. The van der Waals surface area contributed by atoms with E-state index in [-0.39, 0.29) is 24.0 Å². The Morgan fingerprint density at radius 2 is 2.14 bits per heavy atom. The van der Waals surface area contributed by atoms with Crippen molar-refractivity contribution in [3.63, 3.8) is 0 Å². The number of rotatable bonds is 5. The van der Waals surface area contributed by atoms with Gasteiger partial charge in [-0.05, 0) is 26.8 Å². The summed E-state index contributed by atoms with van der Waals surface area (Å²) < 4.78 is 1.84. The van der Waals surface area contributed by atoms with Gasteiger partial charge in [-0.15, -0.1) is 35.3 Å². The van der Waals surface area contributed by atoms with E-state index >= 15 is 0 Å². The number of aryl methyl sites for hydroxylation is 3. The number of hydrogen-bond acceptors (Lipinski definition) is 4. The highest BCUT2D eigenvalue weighted by atomic mass is 127. The van der Waals surface area contributed by atoms with Crippen LogP contribution in [0.4, 0.5) is 0 Å². The molecule has 0 spiro atoms. The molecule has 0 aliphatic rings. The summed E-state index contributed by atoms with van der Waals surface area (Å²) in [7, 11) is 1.93. The zero-order chi connectivity index (χ0) is 15.2. The van der Waals surface area contributed by atoms with Crippen LogP contribution in [0, 0.1) is 13.8 Å². The minimum Gasteiger partial charge on any atom is -0.357 e. The van der Waals surface area contributed by atoms with Crippen LogP contribution < -0.4 is 10.6 Å². The van der Waals surface area contributed by atoms with Crippen molar-refractivity contribution in [2.75, 3.05) is 6.54 Å². The zero-order valence-corrected chi connectivity index (χ0v) is 16.5. The first-order chi connectivity index (χ1) is 10.1. The van der Waals surface area contributed by atoms with Crippen LogP contribution in [0.5, 0.6) is 0 Å². The van der Waals surface area contributed by atoms with Gasteiger partial charge in [0.1, 0.15) is 0 Å². The molecule has 0 saturated carbocycles. The molecule has 0 saturated heterocycles. The van der Waals surface area contributed by atoms with Gasteiger partial charge in [-0.3, -0.25) is 4.68 Å². The monoisotopic (exact) mass is 434 g/mol. The molecule has 0 fully saturated rings. The summed E-state index contributed by atoms with van der Waals surface area (Å²) in [6, 6.07) is 1.98. The lowest BCUT2D eigenvalue weighted by molar-refractivity contribution is 0.707. The molecule has 2 rings (SSSR count). The Balaban J connectivity index is 0.00000242. The average Bonchev–Trinajstić information content (AvgIpc) is 2.99. The first-order valence-electron chi connectivity index (χ1n) is 7.02. The second-order valence-corrected chi connectivity index (χ2v) is 6.02. The lowest BCUT2D eigenvalue weighted by atomic mass is 10.4. The predicted molar refractivity (Wildman–Crippen MR) is 102 cm³/mol. The van der Waals surface area contributed by atoms with Crippen LogP contribution in [0.15, 0.2) is 17.3 Å². The maximum absolute atomic E-state index is 4.59. The zero-order valence-electron chi connectivity index (χ0n) is 13.4. The molecule has 0 atom stereocenters. The highest BCUT2D eigenvalue weighted by Gasteiger charge is 2.06. The number of aliphatic imine (C=N–C) groups is 1. The smallest absolute Gasteiger partial charge is 0.191 e. The molecule has 0 radical (unpaired) electrons. The van der Waals surface area contributed by atoms with Crippen LogP contribution in [0.2, 0.25) is 0 Å². The third-order valence-electron chi connectivity index (χ3n) is 3.08. The van der Waals surface area contributed by atoms with E-state index < -0.39 is 0 Å². The van der Waals surface area contributed by atoms with Crippen molar-refractivity contribution in [1.82, 2.24) is 25.4 Å². The summed E-state index contributed by atoms with van der Waals surface area (Å²) in [5.41, 5.74) is 2.17. The third kappa shape index (κ3) is 5.24. The lowest BCUT2D eigenvalue weighted by Crippen LogP contribution is -2.36. The molecule has 0 aliphatic heterocycles. The molecular weight excluding hydrogens is 411 g/mol. The quantitative estimate of drug-likeness (QED) is 0.431. The van der Waals surface area contributed by atoms with Crippen molar-refractivity contribution in [2.24, 2.45) is 12.0 Å². The van der Waals surface area contributed by atoms with Gasteiger partial charge in [0.05, 0.1) is 29.5 Å². The van der Waals surface area contributed by atoms with Gasteiger partial charge in [-0.1, -0.05) is 0 Å². The molecule has 2 heterocycles. The van der Waals surface area contributed by atoms with Crippen LogP contribution in [0.3, 0.4) is 0 Å². The fourth-order valence-electron chi connectivity index (χ4n) is 1.96. The normalized spacial score (nSPS) is 11.2. The minimum atomic E-state index is 0. The summed E-state index contributed by atoms with van der Waals surface area (Å²) in [5, 5.41) is 11.9. The van der Waals surface area contributed by atoms with E-state index in [1.807, 2.05) is 31.6 Å². The highest BCUT2D eigenvalue weighted by molar-refractivity contribution is 14.0. The van der Waals surface area contributed by atoms with Gasteiger partial charge < -0.3 is 10.6 Å². The number of hydrogen-bond donors (Lipinski definition) is 2. The Morgan fingerprint density at radius 1 is 1.36 bits per heavy atom. The summed E-state index contributed by atoms with van der Waals surface area (Å²) in [5.74, 6) is 0.809. The molecule has 2 aromatic heterocycles. The molecule has 8 heteroatoms. The molecule has 22 heavy (non-hydrogen) atoms. The van der Waals surface area contributed by atoms with Gasteiger partial charge in [-0.25, -0.2) is 9.98 Å². The first-order valence-corrected chi connectivity index (χ1v) is 7.83. The van der Waals surface area contributed by atoms with Crippen molar-refractivity contribution >= 4 is 41.3 Å². The average molecular weight is 434 g/mol. The Hall–Kier alpha value is -1.16. The van der Waals surface area contributed by atoms with Gasteiger partial charge in [0.2, 0.25) is 0 Å². The van der Waals surface area contributed by atoms with E-state index in [1.54, 1.807) is 17.5 Å². The second kappa shape index (κ2) is 9.09. The maximum atomic E-state index is 4.59. The van der Waals surface area contributed by atoms with Gasteiger partial charge in [-0.2, -0.15) is 5.10 Å². The van der Waals surface area contributed by atoms with Gasteiger partial charge >= 0.3 is 0 Å². The number of aromatic nitrogens is 3. The van der Waals surface area contributed by atoms with E-state index in [9.17, 15) is 0 Å². The van der Waals surface area contributed by atoms with Crippen molar-refractivity contribution < 1.29 is 0 Å². The summed E-state index contributed by atoms with van der Waals surface area (Å²) in [6.07, 6.45) is 1.79. The van der Waals surface area contributed by atoms with Crippen molar-refractivity contribution in [3.05, 3.63) is 33.5 Å². The van der Waals surface area contributed by atoms with E-state index in [1.165, 1.54) is 4.88 Å². The third-order valence-corrected chi connectivity index (χ3v) is 4.15. The summed E-state index contributed by atoms with van der Waals surface area (Å²) in [4.78, 5) is 10.3. The molecule has 122 valence electrons. The first kappa shape index (κ1) is 18.9. The fraction of sp³-hybridized carbons (Fsp3) is 0.500. The van der Waals surface area contributed by atoms with Crippen molar-refractivity contribution in [1.29, 1.82) is 0 Å². The molecule has 6 nitrogen and oxygen atoms in total. The molecule has 0 unspecified atom stereocenters. The number of nitrogens with zero attached hydrogens (tertiary/aromatic N) is 4. The van der Waals surface area contributed by atoms with E-state index in [0.717, 1.165) is 35.4 Å². The highest BCUT2D eigenvalue weighted by Crippen LogP contribution is 2.16. The van der Waals surface area contributed by atoms with E-state index in [4.69, 9.17) is 0 Å². The van der Waals surface area contributed by atoms with Crippen LogP contribution in [-0.4, -0.2) is 27.3 Å². The summed E-state index contributed by atoms with van der Waals surface area (Å²) in [6.45, 7) is 8.31. The van der Waals surface area contributed by atoms with Crippen LogP contribution >= 0.6 is 35.3 Å². The van der Waals surface area contributed by atoms with Crippen LogP contribution in [0.1, 0.15) is 28.2 Å². The standard InChI is InChI=1S/C14H22N6S.HI/c1-5-15-14(16-8-12-6-7-18-20(12)4)17-9-13-10(2)19-11(3)21-13;/h6-7H,5,8-9H2,1-4H3,(H2,15,16,17);1H. The number of nitrogens with one attached hydrogen (secondary N) is 2. The van der Waals surface area contributed by atoms with Crippen LogP contribution in [0.25, 0.3) is 0 Å². The SMILES string of the molecule is CCNC(=NCc1ccnn1C)NCc1sc(C)nc1C.I. The summed E-state index contributed by atoms with van der Waals surface area (Å²) >= 11 is 1.72. The topological polar surface area (TPSA) is 67.1 Å². The largest absolute Gasteiger partial charge is 0.357 e. The van der Waals surface area contributed by atoms with Gasteiger partial charge in [0.15, 0.2) is 5.96 Å². The Morgan fingerprint density at radius 3 is 2.68 bits per heavy atom.